The number of ether oxygens (including phenoxy) is 2. The number of hydrogen-bond acceptors (Lipinski definition) is 3. The van der Waals surface area contributed by atoms with Gasteiger partial charge in [0.25, 0.3) is 0 Å². The Kier molecular flexibility index (Phi) is 5.12. The molecular formula is C17H20BrNO2. The summed E-state index contributed by atoms with van der Waals surface area (Å²) >= 11 is 3.51. The van der Waals surface area contributed by atoms with Crippen LogP contribution in [0.5, 0.6) is 11.5 Å². The van der Waals surface area contributed by atoms with Crippen molar-refractivity contribution in [2.75, 3.05) is 19.5 Å². The van der Waals surface area contributed by atoms with Crippen molar-refractivity contribution in [2.24, 2.45) is 0 Å². The predicted molar refractivity (Wildman–Crippen MR) is 90.5 cm³/mol. The smallest absolute Gasteiger partial charge is 0.162 e. The van der Waals surface area contributed by atoms with Gasteiger partial charge < -0.3 is 14.8 Å². The van der Waals surface area contributed by atoms with Crippen molar-refractivity contribution in [3.05, 3.63) is 52.0 Å². The van der Waals surface area contributed by atoms with Crippen molar-refractivity contribution in [3.8, 4) is 11.5 Å². The molecule has 0 bridgehead atoms. The number of nitrogens with one attached hydrogen (secondary N) is 1. The maximum atomic E-state index is 5.37. The van der Waals surface area contributed by atoms with Gasteiger partial charge in [0.05, 0.1) is 14.2 Å². The molecule has 2 rings (SSSR count). The highest BCUT2D eigenvalue weighted by atomic mass is 79.9. The van der Waals surface area contributed by atoms with Crippen LogP contribution >= 0.6 is 15.9 Å². The summed E-state index contributed by atoms with van der Waals surface area (Å²) in [6.45, 7) is 4.19. The van der Waals surface area contributed by atoms with E-state index in [0.717, 1.165) is 27.2 Å². The fourth-order valence-corrected chi connectivity index (χ4v) is 2.65. The van der Waals surface area contributed by atoms with Crippen LogP contribution in [0.25, 0.3) is 0 Å². The van der Waals surface area contributed by atoms with Crippen molar-refractivity contribution >= 4 is 21.6 Å². The van der Waals surface area contributed by atoms with E-state index in [0.29, 0.717) is 0 Å². The van der Waals surface area contributed by atoms with Crippen molar-refractivity contribution < 1.29 is 9.47 Å². The molecule has 1 N–H and O–H groups in total. The molecule has 112 valence electrons. The van der Waals surface area contributed by atoms with Crippen LogP contribution in [-0.2, 0) is 0 Å². The first-order chi connectivity index (χ1) is 10.0. The average molecular weight is 350 g/mol. The fraction of sp³-hybridized carbons (Fsp3) is 0.294. The molecule has 0 aliphatic carbocycles. The molecule has 0 fully saturated rings. The predicted octanol–water partition coefficient (Wildman–Crippen LogP) is 4.95. The first kappa shape index (κ1) is 15.7. The van der Waals surface area contributed by atoms with Crippen LogP contribution in [0.15, 0.2) is 40.9 Å². The first-order valence-electron chi connectivity index (χ1n) is 6.79. The van der Waals surface area contributed by atoms with E-state index in [4.69, 9.17) is 9.47 Å². The number of rotatable bonds is 5. The molecule has 1 unspecified atom stereocenters. The monoisotopic (exact) mass is 349 g/mol. The van der Waals surface area contributed by atoms with E-state index in [1.807, 2.05) is 24.3 Å². The van der Waals surface area contributed by atoms with Gasteiger partial charge in [-0.25, -0.2) is 0 Å². The van der Waals surface area contributed by atoms with Gasteiger partial charge >= 0.3 is 0 Å². The molecule has 4 heteroatoms. The third kappa shape index (κ3) is 3.70. The standard InChI is InChI=1S/C17H20BrNO2/c1-11-8-16(20-3)17(21-4)10-15(11)19-12(2)13-6-5-7-14(18)9-13/h5-10,12,19H,1-4H3. The zero-order valence-corrected chi connectivity index (χ0v) is 14.3. The summed E-state index contributed by atoms with van der Waals surface area (Å²) in [5.74, 6) is 1.47. The van der Waals surface area contributed by atoms with Gasteiger partial charge in [0.2, 0.25) is 0 Å². The topological polar surface area (TPSA) is 30.5 Å². The maximum Gasteiger partial charge on any atom is 0.162 e. The minimum atomic E-state index is 0.194. The molecule has 2 aromatic carbocycles. The third-order valence-electron chi connectivity index (χ3n) is 3.45. The summed E-state index contributed by atoms with van der Waals surface area (Å²) < 4.78 is 11.8. The second-order valence-electron chi connectivity index (χ2n) is 4.94. The highest BCUT2D eigenvalue weighted by molar-refractivity contribution is 9.10. The van der Waals surface area contributed by atoms with Crippen LogP contribution in [0, 0.1) is 6.92 Å². The Labute approximate surface area is 134 Å². The quantitative estimate of drug-likeness (QED) is 0.828. The normalized spacial score (nSPS) is 11.9. The highest BCUT2D eigenvalue weighted by Gasteiger charge is 2.11. The van der Waals surface area contributed by atoms with E-state index in [-0.39, 0.29) is 6.04 Å². The summed E-state index contributed by atoms with van der Waals surface area (Å²) in [6.07, 6.45) is 0. The number of anilines is 1. The number of aryl methyl sites for hydroxylation is 1. The highest BCUT2D eigenvalue weighted by Crippen LogP contribution is 2.34. The average Bonchev–Trinajstić information content (AvgIpc) is 2.48. The summed E-state index contributed by atoms with van der Waals surface area (Å²) in [5, 5.41) is 3.52. The lowest BCUT2D eigenvalue weighted by atomic mass is 10.1. The van der Waals surface area contributed by atoms with Crippen LogP contribution in [0.2, 0.25) is 0 Å². The van der Waals surface area contributed by atoms with Crippen molar-refractivity contribution in [2.45, 2.75) is 19.9 Å². The van der Waals surface area contributed by atoms with Gasteiger partial charge in [-0.05, 0) is 43.2 Å². The summed E-state index contributed by atoms with van der Waals surface area (Å²) in [5.41, 5.74) is 3.38. The molecule has 2 aromatic rings. The SMILES string of the molecule is COc1cc(C)c(NC(C)c2cccc(Br)c2)cc1OC. The van der Waals surface area contributed by atoms with Crippen LogP contribution in [0.3, 0.4) is 0 Å². The molecule has 3 nitrogen and oxygen atoms in total. The van der Waals surface area contributed by atoms with Gasteiger partial charge in [0.15, 0.2) is 11.5 Å². The molecule has 21 heavy (non-hydrogen) atoms. The minimum absolute atomic E-state index is 0.194. The molecule has 0 radical (unpaired) electrons. The van der Waals surface area contributed by atoms with E-state index in [9.17, 15) is 0 Å². The molecule has 0 aliphatic rings. The van der Waals surface area contributed by atoms with Gasteiger partial charge in [-0.15, -0.1) is 0 Å². The molecule has 0 aromatic heterocycles. The zero-order chi connectivity index (χ0) is 15.4. The lowest BCUT2D eigenvalue weighted by Crippen LogP contribution is -2.08. The maximum absolute atomic E-state index is 5.37. The molecule has 1 atom stereocenters. The fourth-order valence-electron chi connectivity index (χ4n) is 2.23. The Hall–Kier alpha value is -1.68. The first-order valence-corrected chi connectivity index (χ1v) is 7.59. The lowest BCUT2D eigenvalue weighted by Gasteiger charge is -2.19. The van der Waals surface area contributed by atoms with Crippen LogP contribution in [-0.4, -0.2) is 14.2 Å². The van der Waals surface area contributed by atoms with E-state index < -0.39 is 0 Å². The lowest BCUT2D eigenvalue weighted by molar-refractivity contribution is 0.355. The van der Waals surface area contributed by atoms with Crippen molar-refractivity contribution in [3.63, 3.8) is 0 Å². The molecule has 0 saturated heterocycles. The van der Waals surface area contributed by atoms with Crippen molar-refractivity contribution in [1.29, 1.82) is 0 Å². The number of hydrogen-bond donors (Lipinski definition) is 1. The Balaban J connectivity index is 2.26. The third-order valence-corrected chi connectivity index (χ3v) is 3.94. The number of halogens is 1. The second kappa shape index (κ2) is 6.85. The Bertz CT molecular complexity index is 628. The molecular weight excluding hydrogens is 330 g/mol. The summed E-state index contributed by atoms with van der Waals surface area (Å²) in [4.78, 5) is 0. The summed E-state index contributed by atoms with van der Waals surface area (Å²) in [7, 11) is 3.29. The van der Waals surface area contributed by atoms with E-state index >= 15 is 0 Å². The van der Waals surface area contributed by atoms with Crippen molar-refractivity contribution in [1.82, 2.24) is 0 Å². The molecule has 0 heterocycles. The van der Waals surface area contributed by atoms with Crippen LogP contribution < -0.4 is 14.8 Å². The molecule has 0 aliphatic heterocycles. The zero-order valence-electron chi connectivity index (χ0n) is 12.7. The van der Waals surface area contributed by atoms with Gasteiger partial charge in [0.1, 0.15) is 0 Å². The van der Waals surface area contributed by atoms with Gasteiger partial charge in [-0.3, -0.25) is 0 Å². The molecule has 0 amide bonds. The Morgan fingerprint density at radius 2 is 1.71 bits per heavy atom. The van der Waals surface area contributed by atoms with Gasteiger partial charge in [0, 0.05) is 22.3 Å². The van der Waals surface area contributed by atoms with E-state index in [2.05, 4.69) is 47.2 Å². The van der Waals surface area contributed by atoms with Gasteiger partial charge in [-0.1, -0.05) is 28.1 Å². The van der Waals surface area contributed by atoms with E-state index in [1.54, 1.807) is 14.2 Å². The minimum Gasteiger partial charge on any atom is -0.493 e. The largest absolute Gasteiger partial charge is 0.493 e. The number of methoxy groups -OCH3 is 2. The van der Waals surface area contributed by atoms with Crippen LogP contribution in [0.1, 0.15) is 24.1 Å². The summed E-state index contributed by atoms with van der Waals surface area (Å²) in [6, 6.07) is 12.4. The second-order valence-corrected chi connectivity index (χ2v) is 5.86. The molecule has 0 saturated carbocycles. The molecule has 0 spiro atoms. The van der Waals surface area contributed by atoms with Crippen LogP contribution in [0.4, 0.5) is 5.69 Å². The number of benzene rings is 2. The Morgan fingerprint density at radius 3 is 2.33 bits per heavy atom. The Morgan fingerprint density at radius 1 is 1.05 bits per heavy atom. The van der Waals surface area contributed by atoms with Gasteiger partial charge in [-0.2, -0.15) is 0 Å². The van der Waals surface area contributed by atoms with E-state index in [1.165, 1.54) is 5.56 Å².